The molecular formula is C12H8Br2F2N2. The van der Waals surface area contributed by atoms with Crippen molar-refractivity contribution in [3.8, 4) is 0 Å². The molecule has 0 saturated heterocycles. The van der Waals surface area contributed by atoms with Gasteiger partial charge in [0.1, 0.15) is 5.69 Å². The maximum Gasteiger partial charge on any atom is 0.150 e. The number of nitrogens with two attached hydrogens (primary N) is 1. The maximum absolute atomic E-state index is 13.6. The van der Waals surface area contributed by atoms with Crippen molar-refractivity contribution < 1.29 is 8.78 Å². The topological polar surface area (TPSA) is 38.0 Å². The van der Waals surface area contributed by atoms with E-state index in [0.717, 1.165) is 0 Å². The third-order valence-electron chi connectivity index (χ3n) is 2.26. The van der Waals surface area contributed by atoms with Crippen LogP contribution >= 0.6 is 31.9 Å². The van der Waals surface area contributed by atoms with Crippen molar-refractivity contribution in [2.24, 2.45) is 0 Å². The van der Waals surface area contributed by atoms with Gasteiger partial charge in [-0.3, -0.25) is 0 Å². The highest BCUT2D eigenvalue weighted by Gasteiger charge is 2.12. The highest BCUT2D eigenvalue weighted by Crippen LogP contribution is 2.31. The van der Waals surface area contributed by atoms with Gasteiger partial charge in [-0.05, 0) is 46.3 Å². The molecule has 2 aromatic rings. The predicted octanol–water partition coefficient (Wildman–Crippen LogP) is 4.82. The van der Waals surface area contributed by atoms with Crippen LogP contribution in [0.4, 0.5) is 25.8 Å². The second-order valence-corrected chi connectivity index (χ2v) is 5.38. The van der Waals surface area contributed by atoms with Crippen molar-refractivity contribution in [3.63, 3.8) is 0 Å². The molecule has 94 valence electrons. The van der Waals surface area contributed by atoms with Crippen LogP contribution in [0, 0.1) is 11.6 Å². The van der Waals surface area contributed by atoms with E-state index in [0.29, 0.717) is 20.3 Å². The molecule has 0 spiro atoms. The first-order valence-electron chi connectivity index (χ1n) is 4.94. The lowest BCUT2D eigenvalue weighted by Gasteiger charge is -2.11. The van der Waals surface area contributed by atoms with Gasteiger partial charge in [-0.25, -0.2) is 8.78 Å². The van der Waals surface area contributed by atoms with Crippen LogP contribution in [0.25, 0.3) is 0 Å². The summed E-state index contributed by atoms with van der Waals surface area (Å²) < 4.78 is 28.2. The monoisotopic (exact) mass is 376 g/mol. The molecule has 0 radical (unpaired) electrons. The fraction of sp³-hybridized carbons (Fsp3) is 0. The van der Waals surface area contributed by atoms with Gasteiger partial charge in [0.15, 0.2) is 11.6 Å². The highest BCUT2D eigenvalue weighted by molar-refractivity contribution is 9.10. The first-order valence-corrected chi connectivity index (χ1v) is 6.52. The largest absolute Gasteiger partial charge is 0.399 e. The molecule has 18 heavy (non-hydrogen) atoms. The number of halogens is 4. The molecule has 0 amide bonds. The SMILES string of the molecule is Nc1ccc(Nc2c(F)cc(Br)cc2F)c(Br)c1. The van der Waals surface area contributed by atoms with E-state index >= 15 is 0 Å². The Morgan fingerprint density at radius 2 is 1.61 bits per heavy atom. The third kappa shape index (κ3) is 2.81. The summed E-state index contributed by atoms with van der Waals surface area (Å²) in [5.41, 5.74) is 6.47. The Balaban J connectivity index is 2.40. The predicted molar refractivity (Wildman–Crippen MR) is 75.9 cm³/mol. The zero-order valence-corrected chi connectivity index (χ0v) is 12.1. The van der Waals surface area contributed by atoms with Crippen molar-refractivity contribution in [2.75, 3.05) is 11.1 Å². The molecular weight excluding hydrogens is 370 g/mol. The van der Waals surface area contributed by atoms with Crippen LogP contribution in [0.15, 0.2) is 39.3 Å². The summed E-state index contributed by atoms with van der Waals surface area (Å²) in [5.74, 6) is -1.35. The molecule has 0 saturated carbocycles. The molecule has 2 nitrogen and oxygen atoms in total. The number of rotatable bonds is 2. The standard InChI is InChI=1S/C12H8Br2F2N2/c13-6-3-9(15)12(10(16)4-6)18-11-2-1-7(17)5-8(11)14/h1-5,18H,17H2. The van der Waals surface area contributed by atoms with Crippen molar-refractivity contribution in [1.29, 1.82) is 0 Å². The molecule has 2 rings (SSSR count). The number of nitrogens with one attached hydrogen (secondary N) is 1. The zero-order chi connectivity index (χ0) is 13.3. The van der Waals surface area contributed by atoms with E-state index in [1.54, 1.807) is 18.2 Å². The molecule has 0 aromatic heterocycles. The molecule has 0 fully saturated rings. The minimum atomic E-state index is -0.675. The molecule has 0 atom stereocenters. The Labute approximate surface area is 119 Å². The average Bonchev–Trinajstić information content (AvgIpc) is 2.25. The number of hydrogen-bond donors (Lipinski definition) is 2. The van der Waals surface area contributed by atoms with Gasteiger partial charge >= 0.3 is 0 Å². The Morgan fingerprint density at radius 1 is 1.00 bits per heavy atom. The van der Waals surface area contributed by atoms with E-state index in [9.17, 15) is 8.78 Å². The van der Waals surface area contributed by atoms with E-state index in [2.05, 4.69) is 37.2 Å². The Morgan fingerprint density at radius 3 is 2.17 bits per heavy atom. The van der Waals surface area contributed by atoms with Gasteiger partial charge in [0, 0.05) is 14.6 Å². The molecule has 0 aliphatic rings. The van der Waals surface area contributed by atoms with E-state index in [1.165, 1.54) is 12.1 Å². The molecule has 0 aliphatic carbocycles. The molecule has 0 unspecified atom stereocenters. The zero-order valence-electron chi connectivity index (χ0n) is 8.98. The molecule has 0 heterocycles. The lowest BCUT2D eigenvalue weighted by Crippen LogP contribution is -1.99. The highest BCUT2D eigenvalue weighted by atomic mass is 79.9. The molecule has 6 heteroatoms. The summed E-state index contributed by atoms with van der Waals surface area (Å²) in [6.45, 7) is 0. The smallest absolute Gasteiger partial charge is 0.150 e. The van der Waals surface area contributed by atoms with Crippen molar-refractivity contribution in [1.82, 2.24) is 0 Å². The minimum Gasteiger partial charge on any atom is -0.399 e. The Hall–Kier alpha value is -1.14. The normalized spacial score (nSPS) is 10.4. The van der Waals surface area contributed by atoms with E-state index in [4.69, 9.17) is 5.73 Å². The fourth-order valence-corrected chi connectivity index (χ4v) is 2.33. The average molecular weight is 378 g/mol. The molecule has 3 N–H and O–H groups in total. The van der Waals surface area contributed by atoms with Crippen molar-refractivity contribution in [3.05, 3.63) is 50.9 Å². The van der Waals surface area contributed by atoms with Gasteiger partial charge in [0.2, 0.25) is 0 Å². The van der Waals surface area contributed by atoms with E-state index in [1.807, 2.05) is 0 Å². The van der Waals surface area contributed by atoms with Crippen molar-refractivity contribution >= 4 is 48.9 Å². The van der Waals surface area contributed by atoms with Crippen LogP contribution in [0.1, 0.15) is 0 Å². The fourth-order valence-electron chi connectivity index (χ4n) is 1.43. The minimum absolute atomic E-state index is 0.205. The number of anilines is 3. The summed E-state index contributed by atoms with van der Waals surface area (Å²) in [6.07, 6.45) is 0. The summed E-state index contributed by atoms with van der Waals surface area (Å²) in [7, 11) is 0. The van der Waals surface area contributed by atoms with E-state index < -0.39 is 11.6 Å². The summed E-state index contributed by atoms with van der Waals surface area (Å²) in [5, 5.41) is 2.69. The first kappa shape index (κ1) is 13.3. The van der Waals surface area contributed by atoms with Crippen LogP contribution in [0.2, 0.25) is 0 Å². The van der Waals surface area contributed by atoms with Crippen molar-refractivity contribution in [2.45, 2.75) is 0 Å². The third-order valence-corrected chi connectivity index (χ3v) is 3.37. The number of nitrogen functional groups attached to an aromatic ring is 1. The van der Waals surface area contributed by atoms with Crippen LogP contribution in [0.5, 0.6) is 0 Å². The van der Waals surface area contributed by atoms with E-state index in [-0.39, 0.29) is 5.69 Å². The van der Waals surface area contributed by atoms with Gasteiger partial charge in [-0.15, -0.1) is 0 Å². The summed E-state index contributed by atoms with van der Waals surface area (Å²) >= 11 is 6.29. The molecule has 2 aromatic carbocycles. The maximum atomic E-state index is 13.6. The lowest BCUT2D eigenvalue weighted by molar-refractivity contribution is 0.589. The molecule has 0 aliphatic heterocycles. The second kappa shape index (κ2) is 5.24. The Kier molecular flexibility index (Phi) is 3.87. The summed E-state index contributed by atoms with van der Waals surface area (Å²) in [4.78, 5) is 0. The lowest BCUT2D eigenvalue weighted by atomic mass is 10.2. The van der Waals surface area contributed by atoms with Crippen LogP contribution in [-0.4, -0.2) is 0 Å². The number of hydrogen-bond acceptors (Lipinski definition) is 2. The molecule has 0 bridgehead atoms. The van der Waals surface area contributed by atoms with Gasteiger partial charge in [-0.1, -0.05) is 15.9 Å². The Bertz CT molecular complexity index is 580. The van der Waals surface area contributed by atoms with Crippen LogP contribution in [0.3, 0.4) is 0 Å². The summed E-state index contributed by atoms with van der Waals surface area (Å²) in [6, 6.07) is 7.31. The quantitative estimate of drug-likeness (QED) is 0.736. The second-order valence-electron chi connectivity index (χ2n) is 3.61. The van der Waals surface area contributed by atoms with Gasteiger partial charge < -0.3 is 11.1 Å². The van der Waals surface area contributed by atoms with Gasteiger partial charge in [-0.2, -0.15) is 0 Å². The van der Waals surface area contributed by atoms with Crippen LogP contribution in [-0.2, 0) is 0 Å². The van der Waals surface area contributed by atoms with Crippen LogP contribution < -0.4 is 11.1 Å². The van der Waals surface area contributed by atoms with Gasteiger partial charge in [0.25, 0.3) is 0 Å². The first-order chi connectivity index (χ1) is 8.47. The van der Waals surface area contributed by atoms with Gasteiger partial charge in [0.05, 0.1) is 5.69 Å². The number of benzene rings is 2.